The Kier molecular flexibility index (Phi) is 7.27. The number of nitrogens with one attached hydrogen (secondary N) is 2. The lowest BCUT2D eigenvalue weighted by atomic mass is 10.0. The normalized spacial score (nSPS) is 11.9. The van der Waals surface area contributed by atoms with E-state index in [2.05, 4.69) is 27.8 Å². The third-order valence-corrected chi connectivity index (χ3v) is 6.29. The molecular weight excluding hydrogens is 450 g/mol. The number of hydrogen-bond donors (Lipinski definition) is 2. The van der Waals surface area contributed by atoms with Crippen molar-refractivity contribution in [3.8, 4) is 17.0 Å². The second kappa shape index (κ2) is 10.5. The SMILES string of the molecule is COc1ccc2c(CC(=O)Nc3nc(-c4ccc(CCC(C)NC(C)=O)cc4)cs3)coc2c1. The predicted octanol–water partition coefficient (Wildman–Crippen LogP) is 5.20. The minimum absolute atomic E-state index is 0.00643. The van der Waals surface area contributed by atoms with Crippen LogP contribution in [0.4, 0.5) is 5.13 Å². The van der Waals surface area contributed by atoms with Crippen LogP contribution < -0.4 is 15.4 Å². The topological polar surface area (TPSA) is 93.5 Å². The van der Waals surface area contributed by atoms with Crippen molar-refractivity contribution in [1.29, 1.82) is 0 Å². The van der Waals surface area contributed by atoms with Crippen LogP contribution in [0.3, 0.4) is 0 Å². The molecule has 1 unspecified atom stereocenters. The second-order valence-corrected chi connectivity index (χ2v) is 9.08. The van der Waals surface area contributed by atoms with Crippen LogP contribution in [0.15, 0.2) is 58.5 Å². The summed E-state index contributed by atoms with van der Waals surface area (Å²) < 4.78 is 10.8. The molecule has 176 valence electrons. The number of fused-ring (bicyclic) bond motifs is 1. The number of nitrogens with zero attached hydrogens (tertiary/aromatic N) is 1. The molecule has 1 atom stereocenters. The Morgan fingerprint density at radius 1 is 1.18 bits per heavy atom. The fourth-order valence-electron chi connectivity index (χ4n) is 3.77. The highest BCUT2D eigenvalue weighted by atomic mass is 32.1. The summed E-state index contributed by atoms with van der Waals surface area (Å²) in [6.45, 7) is 3.54. The van der Waals surface area contributed by atoms with Crippen LogP contribution in [0.25, 0.3) is 22.2 Å². The van der Waals surface area contributed by atoms with E-state index in [1.807, 2.05) is 36.6 Å². The van der Waals surface area contributed by atoms with Crippen LogP contribution in [0.2, 0.25) is 0 Å². The standard InChI is InChI=1S/C26H27N3O4S/c1-16(27-17(2)30)4-5-18-6-8-19(9-7-18)23-15-34-26(28-23)29-25(31)12-20-14-33-24-13-21(32-3)10-11-22(20)24/h6-11,13-16H,4-5,12H2,1-3H3,(H,27,30)(H,28,29,31). The smallest absolute Gasteiger partial charge is 0.230 e. The minimum atomic E-state index is -0.150. The molecule has 2 aromatic heterocycles. The molecule has 0 saturated heterocycles. The number of furan rings is 1. The van der Waals surface area contributed by atoms with Crippen LogP contribution in [-0.4, -0.2) is 29.9 Å². The summed E-state index contributed by atoms with van der Waals surface area (Å²) in [7, 11) is 1.60. The van der Waals surface area contributed by atoms with Crippen LogP contribution in [0.1, 0.15) is 31.4 Å². The summed E-state index contributed by atoms with van der Waals surface area (Å²) in [5, 5.41) is 9.17. The summed E-state index contributed by atoms with van der Waals surface area (Å²) in [6, 6.07) is 13.9. The number of rotatable bonds is 9. The molecule has 2 amide bonds. The Balaban J connectivity index is 1.34. The average molecular weight is 478 g/mol. The van der Waals surface area contributed by atoms with Gasteiger partial charge < -0.3 is 19.8 Å². The molecule has 2 aromatic carbocycles. The maximum Gasteiger partial charge on any atom is 0.230 e. The molecule has 0 aliphatic carbocycles. The van der Waals surface area contributed by atoms with E-state index in [-0.39, 0.29) is 24.3 Å². The highest BCUT2D eigenvalue weighted by Gasteiger charge is 2.13. The molecule has 4 aromatic rings. The van der Waals surface area contributed by atoms with E-state index in [4.69, 9.17) is 9.15 Å². The van der Waals surface area contributed by atoms with E-state index in [9.17, 15) is 9.59 Å². The maximum absolute atomic E-state index is 12.6. The van der Waals surface area contributed by atoms with Gasteiger partial charge in [-0.25, -0.2) is 4.98 Å². The Morgan fingerprint density at radius 3 is 2.71 bits per heavy atom. The van der Waals surface area contributed by atoms with E-state index in [1.165, 1.54) is 23.8 Å². The first-order valence-corrected chi connectivity index (χ1v) is 11.9. The van der Waals surface area contributed by atoms with Gasteiger partial charge in [-0.05, 0) is 37.5 Å². The van der Waals surface area contributed by atoms with Crippen molar-refractivity contribution >= 4 is 39.3 Å². The third-order valence-electron chi connectivity index (χ3n) is 5.53. The van der Waals surface area contributed by atoms with Crippen molar-refractivity contribution < 1.29 is 18.7 Å². The number of carbonyl (C=O) groups excluding carboxylic acids is 2. The van der Waals surface area contributed by atoms with Gasteiger partial charge in [0.1, 0.15) is 11.3 Å². The average Bonchev–Trinajstić information content (AvgIpc) is 3.44. The molecule has 0 aliphatic rings. The van der Waals surface area contributed by atoms with Gasteiger partial charge in [0.2, 0.25) is 11.8 Å². The highest BCUT2D eigenvalue weighted by molar-refractivity contribution is 7.14. The van der Waals surface area contributed by atoms with Crippen LogP contribution in [-0.2, 0) is 22.4 Å². The molecule has 7 nitrogen and oxygen atoms in total. The van der Waals surface area contributed by atoms with Gasteiger partial charge in [0.25, 0.3) is 0 Å². The van der Waals surface area contributed by atoms with Gasteiger partial charge in [-0.15, -0.1) is 11.3 Å². The zero-order chi connectivity index (χ0) is 24.1. The molecule has 0 aliphatic heterocycles. The molecular formula is C26H27N3O4S. The van der Waals surface area contributed by atoms with Crippen LogP contribution in [0, 0.1) is 0 Å². The zero-order valence-corrected chi connectivity index (χ0v) is 20.2. The van der Waals surface area contributed by atoms with Crippen molar-refractivity contribution in [2.24, 2.45) is 0 Å². The van der Waals surface area contributed by atoms with E-state index >= 15 is 0 Å². The summed E-state index contributed by atoms with van der Waals surface area (Å²) in [6.07, 6.45) is 3.57. The molecule has 0 radical (unpaired) electrons. The second-order valence-electron chi connectivity index (χ2n) is 8.22. The molecule has 0 saturated carbocycles. The fraction of sp³-hybridized carbons (Fsp3) is 0.269. The lowest BCUT2D eigenvalue weighted by molar-refractivity contribution is -0.119. The molecule has 2 heterocycles. The van der Waals surface area contributed by atoms with Gasteiger partial charge >= 0.3 is 0 Å². The molecule has 0 fully saturated rings. The Morgan fingerprint density at radius 2 is 1.97 bits per heavy atom. The minimum Gasteiger partial charge on any atom is -0.497 e. The number of hydrogen-bond acceptors (Lipinski definition) is 6. The van der Waals surface area contributed by atoms with E-state index < -0.39 is 0 Å². The van der Waals surface area contributed by atoms with Crippen molar-refractivity contribution in [3.63, 3.8) is 0 Å². The van der Waals surface area contributed by atoms with Crippen molar-refractivity contribution in [1.82, 2.24) is 10.3 Å². The fourth-order valence-corrected chi connectivity index (χ4v) is 4.51. The quantitative estimate of drug-likeness (QED) is 0.345. The Bertz CT molecular complexity index is 1290. The van der Waals surface area contributed by atoms with Crippen LogP contribution in [0.5, 0.6) is 5.75 Å². The first kappa shape index (κ1) is 23.5. The molecule has 4 rings (SSSR count). The number of methoxy groups -OCH3 is 1. The van der Waals surface area contributed by atoms with Crippen molar-refractivity contribution in [2.45, 2.75) is 39.2 Å². The summed E-state index contributed by atoms with van der Waals surface area (Å²) in [5.41, 5.74) is 4.52. The number of carbonyl (C=O) groups is 2. The zero-order valence-electron chi connectivity index (χ0n) is 19.4. The summed E-state index contributed by atoms with van der Waals surface area (Å²) >= 11 is 1.39. The summed E-state index contributed by atoms with van der Waals surface area (Å²) in [4.78, 5) is 28.3. The molecule has 8 heteroatoms. The number of benzene rings is 2. The van der Waals surface area contributed by atoms with Gasteiger partial charge in [0.15, 0.2) is 5.13 Å². The number of anilines is 1. The molecule has 2 N–H and O–H groups in total. The number of thiazole rings is 1. The van der Waals surface area contributed by atoms with E-state index in [0.29, 0.717) is 16.5 Å². The van der Waals surface area contributed by atoms with Gasteiger partial charge in [0, 0.05) is 40.9 Å². The van der Waals surface area contributed by atoms with Gasteiger partial charge in [-0.3, -0.25) is 9.59 Å². The number of ether oxygens (including phenoxy) is 1. The lowest BCUT2D eigenvalue weighted by Crippen LogP contribution is -2.30. The first-order valence-electron chi connectivity index (χ1n) is 11.1. The van der Waals surface area contributed by atoms with Gasteiger partial charge in [0.05, 0.1) is 25.5 Å². The number of aryl methyl sites for hydroxylation is 1. The first-order chi connectivity index (χ1) is 16.4. The number of aromatic nitrogens is 1. The maximum atomic E-state index is 12.6. The van der Waals surface area contributed by atoms with Crippen LogP contribution >= 0.6 is 11.3 Å². The Labute approximate surface area is 202 Å². The van der Waals surface area contributed by atoms with Crippen molar-refractivity contribution in [3.05, 3.63) is 65.2 Å². The van der Waals surface area contributed by atoms with Gasteiger partial charge in [-0.2, -0.15) is 0 Å². The number of amides is 2. The molecule has 0 bridgehead atoms. The molecule has 34 heavy (non-hydrogen) atoms. The Hall–Kier alpha value is -3.65. The molecule has 0 spiro atoms. The highest BCUT2D eigenvalue weighted by Crippen LogP contribution is 2.28. The monoisotopic (exact) mass is 477 g/mol. The summed E-state index contributed by atoms with van der Waals surface area (Å²) in [5.74, 6) is 0.553. The van der Waals surface area contributed by atoms with E-state index in [0.717, 1.165) is 35.0 Å². The van der Waals surface area contributed by atoms with E-state index in [1.54, 1.807) is 19.4 Å². The predicted molar refractivity (Wildman–Crippen MR) is 134 cm³/mol. The third kappa shape index (κ3) is 5.82. The lowest BCUT2D eigenvalue weighted by Gasteiger charge is -2.12. The largest absolute Gasteiger partial charge is 0.497 e. The van der Waals surface area contributed by atoms with Gasteiger partial charge in [-0.1, -0.05) is 24.3 Å². The van der Waals surface area contributed by atoms with Crippen molar-refractivity contribution in [2.75, 3.05) is 12.4 Å².